The van der Waals surface area contributed by atoms with E-state index in [0.29, 0.717) is 38.9 Å². The normalized spacial score (nSPS) is 10.5. The second-order valence-electron chi connectivity index (χ2n) is 6.98. The maximum atomic E-state index is 12.7. The molecule has 35 heavy (non-hydrogen) atoms. The summed E-state index contributed by atoms with van der Waals surface area (Å²) in [5.74, 6) is 0.634. The van der Waals surface area contributed by atoms with Gasteiger partial charge in [-0.2, -0.15) is 5.26 Å². The molecule has 0 aliphatic carbocycles. The molecule has 0 unspecified atom stereocenters. The molecule has 1 N–H and O–H groups in total. The van der Waals surface area contributed by atoms with Crippen LogP contribution in [0, 0.1) is 11.3 Å². The van der Waals surface area contributed by atoms with Crippen molar-refractivity contribution in [1.29, 1.82) is 5.26 Å². The summed E-state index contributed by atoms with van der Waals surface area (Å²) in [6.07, 6.45) is 2.96. The Bertz CT molecular complexity index is 1260. The van der Waals surface area contributed by atoms with Gasteiger partial charge < -0.3 is 24.3 Å². The molecule has 2 aromatic carbocycles. The maximum absolute atomic E-state index is 12.7. The van der Waals surface area contributed by atoms with Crippen LogP contribution >= 0.6 is 11.3 Å². The van der Waals surface area contributed by atoms with Gasteiger partial charge in [-0.25, -0.2) is 4.79 Å². The minimum atomic E-state index is -0.517. The van der Waals surface area contributed by atoms with Crippen molar-refractivity contribution in [2.24, 2.45) is 0 Å². The lowest BCUT2D eigenvalue weighted by molar-refractivity contribution is -0.111. The van der Waals surface area contributed by atoms with Crippen LogP contribution in [0.5, 0.6) is 17.2 Å². The van der Waals surface area contributed by atoms with Gasteiger partial charge in [-0.05, 0) is 48.4 Å². The molecule has 0 fully saturated rings. The van der Waals surface area contributed by atoms with Gasteiger partial charge in [0.1, 0.15) is 22.4 Å². The van der Waals surface area contributed by atoms with Gasteiger partial charge in [-0.1, -0.05) is 18.2 Å². The highest BCUT2D eigenvalue weighted by atomic mass is 32.1. The number of ether oxygens (including phenoxy) is 4. The van der Waals surface area contributed by atoms with Crippen LogP contribution in [-0.4, -0.2) is 39.3 Å². The number of methoxy groups -OCH3 is 2. The summed E-state index contributed by atoms with van der Waals surface area (Å²) in [5.41, 5.74) is 2.45. The predicted octanol–water partition coefficient (Wildman–Crippen LogP) is 5.16. The van der Waals surface area contributed by atoms with Gasteiger partial charge in [0.15, 0.2) is 18.1 Å². The number of hydrogen-bond donors (Lipinski definition) is 1. The first-order chi connectivity index (χ1) is 17.0. The number of hydrogen-bond acceptors (Lipinski definition) is 8. The number of amides is 1. The summed E-state index contributed by atoms with van der Waals surface area (Å²) < 4.78 is 21.0. The van der Waals surface area contributed by atoms with Crippen LogP contribution in [0.2, 0.25) is 0 Å². The summed E-state index contributed by atoms with van der Waals surface area (Å²) in [4.78, 5) is 25.4. The Morgan fingerprint density at radius 3 is 2.51 bits per heavy atom. The fourth-order valence-electron chi connectivity index (χ4n) is 3.18. The largest absolute Gasteiger partial charge is 0.497 e. The fraction of sp³-hybridized carbons (Fsp3) is 0.192. The van der Waals surface area contributed by atoms with Crippen molar-refractivity contribution >= 4 is 34.3 Å². The first-order valence-electron chi connectivity index (χ1n) is 10.6. The summed E-state index contributed by atoms with van der Waals surface area (Å²) in [6.45, 7) is 1.83. The van der Waals surface area contributed by atoms with Gasteiger partial charge in [0.05, 0.1) is 20.8 Å². The molecule has 0 spiro atoms. The molecule has 9 heteroatoms. The standard InChI is InChI=1S/C26H24N2O6S/c1-4-33-26(30)24-20(18-7-9-19(31-2)10-8-18)16-35-25(24)28-23(29)12-6-17-5-11-21(34-14-13-27)22(15-17)32-3/h5-12,15-16H,4,14H2,1-3H3,(H,28,29)/b12-6+. The van der Waals surface area contributed by atoms with E-state index in [1.54, 1.807) is 55.8 Å². The van der Waals surface area contributed by atoms with E-state index in [0.717, 1.165) is 5.56 Å². The van der Waals surface area contributed by atoms with Gasteiger partial charge in [-0.15, -0.1) is 11.3 Å². The topological polar surface area (TPSA) is 107 Å². The first kappa shape index (κ1) is 25.3. The number of anilines is 1. The number of esters is 1. The molecule has 3 rings (SSSR count). The fourth-order valence-corrected chi connectivity index (χ4v) is 4.14. The Morgan fingerprint density at radius 1 is 1.09 bits per heavy atom. The summed E-state index contributed by atoms with van der Waals surface area (Å²) in [6, 6.07) is 14.3. The predicted molar refractivity (Wildman–Crippen MR) is 134 cm³/mol. The van der Waals surface area contributed by atoms with Crippen molar-refractivity contribution in [2.45, 2.75) is 6.92 Å². The summed E-state index contributed by atoms with van der Waals surface area (Å²) >= 11 is 1.24. The highest BCUT2D eigenvalue weighted by Gasteiger charge is 2.22. The van der Waals surface area contributed by atoms with Crippen molar-refractivity contribution < 1.29 is 28.5 Å². The molecule has 180 valence electrons. The third kappa shape index (κ3) is 6.40. The van der Waals surface area contributed by atoms with Crippen LogP contribution in [0.15, 0.2) is 53.9 Å². The van der Waals surface area contributed by atoms with Crippen LogP contribution in [0.25, 0.3) is 17.2 Å². The highest BCUT2D eigenvalue weighted by molar-refractivity contribution is 7.15. The van der Waals surface area contributed by atoms with Gasteiger partial charge in [0, 0.05) is 17.0 Å². The number of rotatable bonds is 10. The van der Waals surface area contributed by atoms with E-state index >= 15 is 0 Å². The molecule has 1 heterocycles. The van der Waals surface area contributed by atoms with Crippen molar-refractivity contribution in [3.63, 3.8) is 0 Å². The zero-order chi connectivity index (χ0) is 25.2. The second-order valence-corrected chi connectivity index (χ2v) is 7.86. The average molecular weight is 493 g/mol. The van der Waals surface area contributed by atoms with Gasteiger partial charge >= 0.3 is 5.97 Å². The number of thiophene rings is 1. The van der Waals surface area contributed by atoms with E-state index in [1.807, 2.05) is 18.2 Å². The molecule has 0 aliphatic heterocycles. The second kappa shape index (κ2) is 12.3. The Morgan fingerprint density at radius 2 is 1.86 bits per heavy atom. The van der Waals surface area contributed by atoms with Gasteiger partial charge in [0.2, 0.25) is 5.91 Å². The number of nitrogens with zero attached hydrogens (tertiary/aromatic N) is 1. The summed E-state index contributed by atoms with van der Waals surface area (Å²) in [7, 11) is 3.07. The van der Waals surface area contributed by atoms with Gasteiger partial charge in [-0.3, -0.25) is 4.79 Å². The number of benzene rings is 2. The van der Waals surface area contributed by atoms with Crippen molar-refractivity contribution in [3.05, 3.63) is 65.0 Å². The Kier molecular flexibility index (Phi) is 8.87. The first-order valence-corrected chi connectivity index (χ1v) is 11.5. The van der Waals surface area contributed by atoms with E-state index < -0.39 is 11.9 Å². The van der Waals surface area contributed by atoms with Crippen molar-refractivity contribution in [2.75, 3.05) is 32.8 Å². The zero-order valence-electron chi connectivity index (χ0n) is 19.5. The molecule has 0 aliphatic rings. The molecule has 3 aromatic rings. The molecular weight excluding hydrogens is 468 g/mol. The number of carbonyl (C=O) groups is 2. The molecule has 1 aromatic heterocycles. The van der Waals surface area contributed by atoms with Crippen LogP contribution < -0.4 is 19.5 Å². The van der Waals surface area contributed by atoms with E-state index in [-0.39, 0.29) is 13.2 Å². The van der Waals surface area contributed by atoms with Crippen LogP contribution in [-0.2, 0) is 9.53 Å². The number of nitrogens with one attached hydrogen (secondary N) is 1. The maximum Gasteiger partial charge on any atom is 0.341 e. The molecule has 0 saturated heterocycles. The van der Waals surface area contributed by atoms with Crippen molar-refractivity contribution in [3.8, 4) is 34.4 Å². The van der Waals surface area contributed by atoms with Crippen molar-refractivity contribution in [1.82, 2.24) is 0 Å². The minimum Gasteiger partial charge on any atom is -0.497 e. The summed E-state index contributed by atoms with van der Waals surface area (Å²) in [5, 5.41) is 13.6. The lowest BCUT2D eigenvalue weighted by Gasteiger charge is -2.09. The van der Waals surface area contributed by atoms with E-state index in [9.17, 15) is 9.59 Å². The molecule has 1 amide bonds. The number of carbonyl (C=O) groups excluding carboxylic acids is 2. The van der Waals surface area contributed by atoms with Crippen LogP contribution in [0.4, 0.5) is 5.00 Å². The zero-order valence-corrected chi connectivity index (χ0v) is 20.3. The van der Waals surface area contributed by atoms with Crippen LogP contribution in [0.1, 0.15) is 22.8 Å². The van der Waals surface area contributed by atoms with Gasteiger partial charge in [0.25, 0.3) is 0 Å². The molecule has 0 bridgehead atoms. The third-order valence-corrected chi connectivity index (χ3v) is 5.71. The number of nitriles is 1. The molecular formula is C26H24N2O6S. The molecule has 8 nitrogen and oxygen atoms in total. The Balaban J connectivity index is 1.82. The smallest absolute Gasteiger partial charge is 0.341 e. The SMILES string of the molecule is CCOC(=O)c1c(-c2ccc(OC)cc2)csc1NC(=O)/C=C/c1ccc(OCC#N)c(OC)c1. The monoisotopic (exact) mass is 492 g/mol. The van der Waals surface area contributed by atoms with Crippen LogP contribution in [0.3, 0.4) is 0 Å². The minimum absolute atomic E-state index is 0.101. The van der Waals surface area contributed by atoms with E-state index in [4.69, 9.17) is 24.2 Å². The lowest BCUT2D eigenvalue weighted by atomic mass is 10.0. The Labute approximate surface area is 207 Å². The quantitative estimate of drug-likeness (QED) is 0.308. The molecule has 0 atom stereocenters. The Hall–Kier alpha value is -4.29. The highest BCUT2D eigenvalue weighted by Crippen LogP contribution is 2.37. The van der Waals surface area contributed by atoms with E-state index in [1.165, 1.54) is 24.5 Å². The third-order valence-electron chi connectivity index (χ3n) is 4.82. The van der Waals surface area contributed by atoms with E-state index in [2.05, 4.69) is 5.32 Å². The molecule has 0 radical (unpaired) electrons. The lowest BCUT2D eigenvalue weighted by Crippen LogP contribution is -2.12. The average Bonchev–Trinajstić information content (AvgIpc) is 3.30. The molecule has 0 saturated carbocycles.